The van der Waals surface area contributed by atoms with Gasteiger partial charge in [0.2, 0.25) is 0 Å². The molecule has 2 fully saturated rings. The van der Waals surface area contributed by atoms with Crippen molar-refractivity contribution in [1.82, 2.24) is 4.90 Å². The summed E-state index contributed by atoms with van der Waals surface area (Å²) in [5.74, 6) is 0. The molecule has 3 heteroatoms. The van der Waals surface area contributed by atoms with Crippen LogP contribution in [-0.4, -0.2) is 42.1 Å². The fourth-order valence-corrected chi connectivity index (χ4v) is 3.42. The van der Waals surface area contributed by atoms with Crippen LogP contribution in [0, 0.1) is 0 Å². The minimum atomic E-state index is 0.512. The maximum absolute atomic E-state index is 5.82. The van der Waals surface area contributed by atoms with Crippen LogP contribution in [0.1, 0.15) is 38.5 Å². The summed E-state index contributed by atoms with van der Waals surface area (Å²) in [6, 6.07) is 0.754. The summed E-state index contributed by atoms with van der Waals surface area (Å²) in [5.41, 5.74) is 0. The summed E-state index contributed by atoms with van der Waals surface area (Å²) in [6.45, 7) is 3.42. The molecule has 0 aliphatic carbocycles. The summed E-state index contributed by atoms with van der Waals surface area (Å²) in [5, 5.41) is 1.12. The summed E-state index contributed by atoms with van der Waals surface area (Å²) < 4.78 is 5.82. The summed E-state index contributed by atoms with van der Waals surface area (Å²) in [4.78, 5) is 2.63. The largest absolute Gasteiger partial charge is 0.377 e. The molecule has 2 aliphatic rings. The molecular formula is C12H22BrNO. The van der Waals surface area contributed by atoms with E-state index in [1.165, 1.54) is 45.1 Å². The third kappa shape index (κ3) is 3.43. The van der Waals surface area contributed by atoms with Gasteiger partial charge in [0.1, 0.15) is 0 Å². The van der Waals surface area contributed by atoms with Gasteiger partial charge in [0, 0.05) is 24.5 Å². The number of ether oxygens (including phenoxy) is 1. The van der Waals surface area contributed by atoms with E-state index >= 15 is 0 Å². The van der Waals surface area contributed by atoms with E-state index < -0.39 is 0 Å². The first kappa shape index (κ1) is 11.9. The van der Waals surface area contributed by atoms with E-state index in [2.05, 4.69) is 20.8 Å². The number of hydrogen-bond acceptors (Lipinski definition) is 2. The topological polar surface area (TPSA) is 12.5 Å². The van der Waals surface area contributed by atoms with Crippen molar-refractivity contribution in [2.45, 2.75) is 50.7 Å². The zero-order valence-corrected chi connectivity index (χ0v) is 11.0. The second kappa shape index (κ2) is 6.21. The first-order valence-electron chi connectivity index (χ1n) is 6.32. The zero-order valence-electron chi connectivity index (χ0n) is 9.46. The van der Waals surface area contributed by atoms with E-state index in [1.807, 2.05) is 0 Å². The normalized spacial score (nSPS) is 34.2. The third-order valence-corrected chi connectivity index (χ3v) is 4.39. The van der Waals surface area contributed by atoms with E-state index in [1.54, 1.807) is 0 Å². The van der Waals surface area contributed by atoms with Crippen LogP contribution in [0.15, 0.2) is 0 Å². The van der Waals surface area contributed by atoms with Crippen LogP contribution in [0.2, 0.25) is 0 Å². The van der Waals surface area contributed by atoms with E-state index in [0.717, 1.165) is 24.5 Å². The lowest BCUT2D eigenvalue weighted by Crippen LogP contribution is -2.45. The van der Waals surface area contributed by atoms with E-state index in [-0.39, 0.29) is 0 Å². The summed E-state index contributed by atoms with van der Waals surface area (Å²) in [7, 11) is 0. The van der Waals surface area contributed by atoms with Gasteiger partial charge in [0.15, 0.2) is 0 Å². The molecular weight excluding hydrogens is 254 g/mol. The van der Waals surface area contributed by atoms with Crippen LogP contribution in [0.4, 0.5) is 0 Å². The highest BCUT2D eigenvalue weighted by Crippen LogP contribution is 2.21. The van der Waals surface area contributed by atoms with Gasteiger partial charge in [-0.15, -0.1) is 0 Å². The SMILES string of the molecule is BrCC1CCCCN1CC1CCCCO1. The molecule has 0 aromatic carbocycles. The van der Waals surface area contributed by atoms with Crippen LogP contribution < -0.4 is 0 Å². The molecule has 15 heavy (non-hydrogen) atoms. The van der Waals surface area contributed by atoms with E-state index in [0.29, 0.717) is 6.10 Å². The number of likely N-dealkylation sites (tertiary alicyclic amines) is 1. The van der Waals surface area contributed by atoms with Crippen molar-refractivity contribution in [3.05, 3.63) is 0 Å². The Bertz CT molecular complexity index is 182. The molecule has 2 unspecified atom stereocenters. The second-order valence-corrected chi connectivity index (χ2v) is 5.43. The average Bonchev–Trinajstić information content (AvgIpc) is 2.31. The van der Waals surface area contributed by atoms with Gasteiger partial charge in [-0.3, -0.25) is 4.90 Å². The highest BCUT2D eigenvalue weighted by molar-refractivity contribution is 9.09. The molecule has 0 aromatic heterocycles. The van der Waals surface area contributed by atoms with Crippen molar-refractivity contribution >= 4 is 15.9 Å². The lowest BCUT2D eigenvalue weighted by atomic mass is 10.0. The van der Waals surface area contributed by atoms with Gasteiger partial charge in [0.05, 0.1) is 6.10 Å². The molecule has 2 aliphatic heterocycles. The predicted molar refractivity (Wildman–Crippen MR) is 66.6 cm³/mol. The maximum Gasteiger partial charge on any atom is 0.0702 e. The van der Waals surface area contributed by atoms with Crippen LogP contribution in [0.3, 0.4) is 0 Å². The number of alkyl halides is 1. The van der Waals surface area contributed by atoms with Gasteiger partial charge in [0.25, 0.3) is 0 Å². The molecule has 0 aromatic rings. The van der Waals surface area contributed by atoms with Gasteiger partial charge in [-0.1, -0.05) is 22.4 Å². The molecule has 0 N–H and O–H groups in total. The van der Waals surface area contributed by atoms with Crippen molar-refractivity contribution in [1.29, 1.82) is 0 Å². The number of halogens is 1. The van der Waals surface area contributed by atoms with Crippen LogP contribution in [-0.2, 0) is 4.74 Å². The van der Waals surface area contributed by atoms with Gasteiger partial charge in [-0.05, 0) is 38.6 Å². The number of hydrogen-bond donors (Lipinski definition) is 0. The molecule has 0 bridgehead atoms. The monoisotopic (exact) mass is 275 g/mol. The van der Waals surface area contributed by atoms with Crippen molar-refractivity contribution < 1.29 is 4.74 Å². The smallest absolute Gasteiger partial charge is 0.0702 e. The molecule has 0 saturated carbocycles. The minimum Gasteiger partial charge on any atom is -0.377 e. The molecule has 2 nitrogen and oxygen atoms in total. The van der Waals surface area contributed by atoms with Crippen LogP contribution in [0.25, 0.3) is 0 Å². The molecule has 2 saturated heterocycles. The predicted octanol–water partition coefficient (Wildman–Crippen LogP) is 2.80. The van der Waals surface area contributed by atoms with Gasteiger partial charge in [-0.25, -0.2) is 0 Å². The number of piperidine rings is 1. The molecule has 88 valence electrons. The molecule has 2 heterocycles. The fraction of sp³-hybridized carbons (Fsp3) is 1.00. The highest BCUT2D eigenvalue weighted by atomic mass is 79.9. The molecule has 0 amide bonds. The Kier molecular flexibility index (Phi) is 4.92. The Balaban J connectivity index is 1.79. The van der Waals surface area contributed by atoms with Crippen molar-refractivity contribution in [2.75, 3.05) is 25.0 Å². The standard InChI is InChI=1S/C12H22BrNO/c13-9-11-5-1-3-7-14(11)10-12-6-2-4-8-15-12/h11-12H,1-10H2. The van der Waals surface area contributed by atoms with Crippen molar-refractivity contribution in [3.63, 3.8) is 0 Å². The summed E-state index contributed by atoms with van der Waals surface area (Å²) in [6.07, 6.45) is 8.53. The lowest BCUT2D eigenvalue weighted by molar-refractivity contribution is -0.0167. The first-order valence-corrected chi connectivity index (χ1v) is 7.44. The fourth-order valence-electron chi connectivity index (χ4n) is 2.69. The quantitative estimate of drug-likeness (QED) is 0.735. The Morgan fingerprint density at radius 3 is 2.73 bits per heavy atom. The lowest BCUT2D eigenvalue weighted by Gasteiger charge is -2.37. The Labute approximate surface area is 101 Å². The van der Waals surface area contributed by atoms with Gasteiger partial charge in [-0.2, -0.15) is 0 Å². The van der Waals surface area contributed by atoms with E-state index in [9.17, 15) is 0 Å². The summed E-state index contributed by atoms with van der Waals surface area (Å²) >= 11 is 3.63. The Hall–Kier alpha value is 0.400. The number of nitrogens with zero attached hydrogens (tertiary/aromatic N) is 1. The maximum atomic E-state index is 5.82. The highest BCUT2D eigenvalue weighted by Gasteiger charge is 2.25. The van der Waals surface area contributed by atoms with Crippen molar-refractivity contribution in [3.8, 4) is 0 Å². The molecule has 2 atom stereocenters. The Morgan fingerprint density at radius 2 is 2.00 bits per heavy atom. The van der Waals surface area contributed by atoms with Gasteiger partial charge < -0.3 is 4.74 Å². The van der Waals surface area contributed by atoms with E-state index in [4.69, 9.17) is 4.74 Å². The third-order valence-electron chi connectivity index (χ3n) is 3.64. The molecule has 0 spiro atoms. The first-order chi connectivity index (χ1) is 7.40. The second-order valence-electron chi connectivity index (χ2n) is 4.79. The van der Waals surface area contributed by atoms with Gasteiger partial charge >= 0.3 is 0 Å². The zero-order chi connectivity index (χ0) is 10.5. The molecule has 0 radical (unpaired) electrons. The Morgan fingerprint density at radius 1 is 1.13 bits per heavy atom. The van der Waals surface area contributed by atoms with Crippen LogP contribution in [0.5, 0.6) is 0 Å². The average molecular weight is 276 g/mol. The minimum absolute atomic E-state index is 0.512. The molecule has 2 rings (SSSR count). The van der Waals surface area contributed by atoms with Crippen LogP contribution >= 0.6 is 15.9 Å². The number of rotatable bonds is 3. The van der Waals surface area contributed by atoms with Crippen molar-refractivity contribution in [2.24, 2.45) is 0 Å².